The SMILES string of the molecule is O=C1OC(=O)c2cc(Br)c3c4c(Br)cc5c6c(cc(Br)c(c7ccc1c2c73)c64)C(=O)OC5=O. The maximum Gasteiger partial charge on any atom is 0.346 e. The molecule has 2 aliphatic heterocycles. The second-order valence-corrected chi connectivity index (χ2v) is 10.4. The third-order valence-corrected chi connectivity index (χ3v) is 8.19. The Labute approximate surface area is 208 Å². The van der Waals surface area contributed by atoms with Crippen LogP contribution in [0, 0.1) is 0 Å². The van der Waals surface area contributed by atoms with Crippen LogP contribution in [-0.2, 0) is 9.47 Å². The quantitative estimate of drug-likeness (QED) is 0.0827. The van der Waals surface area contributed by atoms with Crippen LogP contribution >= 0.6 is 47.8 Å². The summed E-state index contributed by atoms with van der Waals surface area (Å²) in [5.41, 5.74) is 1.16. The van der Waals surface area contributed by atoms with E-state index in [1.54, 1.807) is 30.3 Å². The van der Waals surface area contributed by atoms with Crippen molar-refractivity contribution in [3.63, 3.8) is 0 Å². The highest BCUT2D eigenvalue weighted by Crippen LogP contribution is 2.51. The molecule has 0 radical (unpaired) electrons. The number of carbonyl (C=O) groups excluding carboxylic acids is 4. The van der Waals surface area contributed by atoms with E-state index in [0.717, 1.165) is 21.5 Å². The summed E-state index contributed by atoms with van der Waals surface area (Å²) in [6, 6.07) is 8.35. The summed E-state index contributed by atoms with van der Waals surface area (Å²) in [6.07, 6.45) is 0. The lowest BCUT2D eigenvalue weighted by Crippen LogP contribution is -2.21. The van der Waals surface area contributed by atoms with E-state index < -0.39 is 23.9 Å². The number of fused-ring (bicyclic) bond motifs is 2. The van der Waals surface area contributed by atoms with E-state index in [4.69, 9.17) is 9.47 Å². The molecule has 0 aromatic heterocycles. The highest BCUT2D eigenvalue weighted by Gasteiger charge is 2.35. The number of hydrogen-bond donors (Lipinski definition) is 0. The number of benzene rings is 5. The molecule has 0 fully saturated rings. The van der Waals surface area contributed by atoms with Crippen LogP contribution in [0.15, 0.2) is 43.7 Å². The second kappa shape index (κ2) is 6.16. The van der Waals surface area contributed by atoms with E-state index in [-0.39, 0.29) is 16.7 Å². The number of rotatable bonds is 0. The normalized spacial score (nSPS) is 15.2. The topological polar surface area (TPSA) is 86.7 Å². The Morgan fingerprint density at radius 1 is 0.455 bits per heavy atom. The van der Waals surface area contributed by atoms with Gasteiger partial charge in [-0.15, -0.1) is 0 Å². The van der Waals surface area contributed by atoms with Gasteiger partial charge in [-0.1, -0.05) is 53.9 Å². The first kappa shape index (κ1) is 19.6. The smallest absolute Gasteiger partial charge is 0.346 e. The number of halogens is 3. The van der Waals surface area contributed by atoms with Crippen LogP contribution in [0.3, 0.4) is 0 Å². The van der Waals surface area contributed by atoms with E-state index in [2.05, 4.69) is 47.8 Å². The number of esters is 4. The Bertz CT molecular complexity index is 1850. The van der Waals surface area contributed by atoms with Crippen LogP contribution in [-0.4, -0.2) is 23.9 Å². The molecule has 9 heteroatoms. The van der Waals surface area contributed by atoms with Crippen molar-refractivity contribution in [3.8, 4) is 0 Å². The zero-order valence-electron chi connectivity index (χ0n) is 16.0. The molecule has 5 aromatic rings. The van der Waals surface area contributed by atoms with Crippen molar-refractivity contribution in [1.82, 2.24) is 0 Å². The van der Waals surface area contributed by atoms with Crippen LogP contribution in [0.2, 0.25) is 0 Å². The molecule has 0 saturated heterocycles. The van der Waals surface area contributed by atoms with Crippen LogP contribution in [0.1, 0.15) is 41.4 Å². The van der Waals surface area contributed by atoms with E-state index in [0.29, 0.717) is 40.5 Å². The molecule has 0 atom stereocenters. The number of hydrogen-bond acceptors (Lipinski definition) is 6. The third kappa shape index (κ3) is 2.22. The molecule has 2 heterocycles. The number of cyclic esters (lactones) is 4. The van der Waals surface area contributed by atoms with Crippen LogP contribution in [0.4, 0.5) is 0 Å². The Balaban J connectivity index is 1.90. The molecule has 0 spiro atoms. The fraction of sp³-hybridized carbons (Fsp3) is 0. The predicted octanol–water partition coefficient (Wildman–Crippen LogP) is 6.65. The summed E-state index contributed by atoms with van der Waals surface area (Å²) in [5, 5.41) is 5.43. The number of carbonyl (C=O) groups is 4. The van der Waals surface area contributed by atoms with E-state index in [1.807, 2.05) is 0 Å². The van der Waals surface area contributed by atoms with Crippen LogP contribution < -0.4 is 0 Å². The molecule has 7 rings (SSSR count). The van der Waals surface area contributed by atoms with Crippen molar-refractivity contribution >= 4 is 115 Å². The maximum absolute atomic E-state index is 12.6. The summed E-state index contributed by atoms with van der Waals surface area (Å²) in [6.45, 7) is 0. The molecule has 0 amide bonds. The first-order valence-electron chi connectivity index (χ1n) is 9.59. The van der Waals surface area contributed by atoms with Gasteiger partial charge in [0.2, 0.25) is 0 Å². The zero-order chi connectivity index (χ0) is 22.9. The van der Waals surface area contributed by atoms with Gasteiger partial charge >= 0.3 is 23.9 Å². The monoisotopic (exact) mass is 626 g/mol. The van der Waals surface area contributed by atoms with Crippen molar-refractivity contribution in [3.05, 3.63) is 66.0 Å². The average Bonchev–Trinajstić information content (AvgIpc) is 2.76. The van der Waals surface area contributed by atoms with Gasteiger partial charge in [0.25, 0.3) is 0 Å². The van der Waals surface area contributed by atoms with Gasteiger partial charge < -0.3 is 9.47 Å². The lowest BCUT2D eigenvalue weighted by molar-refractivity contribution is 0.0373. The van der Waals surface area contributed by atoms with Gasteiger partial charge in [-0.3, -0.25) is 0 Å². The van der Waals surface area contributed by atoms with Gasteiger partial charge in [-0.05, 0) is 29.7 Å². The minimum Gasteiger partial charge on any atom is -0.386 e. The highest BCUT2D eigenvalue weighted by atomic mass is 79.9. The molecule has 0 aliphatic carbocycles. The van der Waals surface area contributed by atoms with Crippen molar-refractivity contribution in [1.29, 1.82) is 0 Å². The van der Waals surface area contributed by atoms with Crippen LogP contribution in [0.25, 0.3) is 43.1 Å². The molecule has 33 heavy (non-hydrogen) atoms. The van der Waals surface area contributed by atoms with Crippen LogP contribution in [0.5, 0.6) is 0 Å². The Morgan fingerprint density at radius 3 is 1.42 bits per heavy atom. The fourth-order valence-electron chi connectivity index (χ4n) is 5.10. The minimum atomic E-state index is -0.712. The van der Waals surface area contributed by atoms with E-state index in [9.17, 15) is 19.2 Å². The standard InChI is InChI=1S/C24H5Br3O6/c25-11-3-9-15-10(24(31)33-23(9)30)5-13(27)19-18-12(26)4-8-14-7(21(28)32-22(8)29)2-1-6(17(14)18)16(11)20(15)19/h1-5H. The molecule has 2 aliphatic rings. The second-order valence-electron chi connectivity index (χ2n) is 7.86. The Morgan fingerprint density at radius 2 is 0.879 bits per heavy atom. The van der Waals surface area contributed by atoms with Gasteiger partial charge in [-0.25, -0.2) is 19.2 Å². The number of ether oxygens (including phenoxy) is 2. The molecule has 0 unspecified atom stereocenters. The molecular weight excluding hydrogens is 624 g/mol. The Kier molecular flexibility index (Phi) is 3.66. The molecule has 6 nitrogen and oxygen atoms in total. The molecule has 158 valence electrons. The van der Waals surface area contributed by atoms with Gasteiger partial charge in [0.15, 0.2) is 0 Å². The summed E-state index contributed by atoms with van der Waals surface area (Å²) in [7, 11) is 0. The summed E-state index contributed by atoms with van der Waals surface area (Å²) in [4.78, 5) is 50.3. The minimum absolute atomic E-state index is 0.285. The lowest BCUT2D eigenvalue weighted by Gasteiger charge is -2.24. The van der Waals surface area contributed by atoms with Crippen molar-refractivity contribution < 1.29 is 28.7 Å². The summed E-state index contributed by atoms with van der Waals surface area (Å²) >= 11 is 10.8. The molecule has 0 saturated carbocycles. The third-order valence-electron chi connectivity index (χ3n) is 6.31. The molecule has 0 bridgehead atoms. The largest absolute Gasteiger partial charge is 0.386 e. The Hall–Kier alpha value is -2.88. The highest BCUT2D eigenvalue weighted by molar-refractivity contribution is 9.11. The summed E-state index contributed by atoms with van der Waals surface area (Å²) in [5.74, 6) is -2.83. The van der Waals surface area contributed by atoms with Crippen molar-refractivity contribution in [2.24, 2.45) is 0 Å². The molecule has 0 N–H and O–H groups in total. The molecular formula is C24H5Br3O6. The summed E-state index contributed by atoms with van der Waals surface area (Å²) < 4.78 is 11.7. The first-order valence-corrected chi connectivity index (χ1v) is 12.0. The average molecular weight is 629 g/mol. The van der Waals surface area contributed by atoms with Crippen molar-refractivity contribution in [2.45, 2.75) is 0 Å². The van der Waals surface area contributed by atoms with E-state index >= 15 is 0 Å². The fourth-order valence-corrected chi connectivity index (χ4v) is 7.00. The first-order chi connectivity index (χ1) is 15.8. The lowest BCUT2D eigenvalue weighted by atomic mass is 9.83. The van der Waals surface area contributed by atoms with E-state index in [1.165, 1.54) is 0 Å². The van der Waals surface area contributed by atoms with Gasteiger partial charge in [-0.2, -0.15) is 0 Å². The van der Waals surface area contributed by atoms with Gasteiger partial charge in [0.1, 0.15) is 0 Å². The maximum atomic E-state index is 12.6. The predicted molar refractivity (Wildman–Crippen MR) is 130 cm³/mol. The molecule has 5 aromatic carbocycles. The van der Waals surface area contributed by atoms with Gasteiger partial charge in [0.05, 0.1) is 22.3 Å². The zero-order valence-corrected chi connectivity index (χ0v) is 20.7. The van der Waals surface area contributed by atoms with Gasteiger partial charge in [0, 0.05) is 51.1 Å². The van der Waals surface area contributed by atoms with Crippen molar-refractivity contribution in [2.75, 3.05) is 0 Å².